The Morgan fingerprint density at radius 3 is 2.60 bits per heavy atom. The highest BCUT2D eigenvalue weighted by Crippen LogP contribution is 2.31. The highest BCUT2D eigenvalue weighted by atomic mass is 32.2. The molecule has 1 aromatic rings. The molecule has 0 unspecified atom stereocenters. The zero-order chi connectivity index (χ0) is 14.8. The number of hydrogen-bond acceptors (Lipinski definition) is 4. The van der Waals surface area contributed by atoms with Gasteiger partial charge in [-0.05, 0) is 37.0 Å². The fourth-order valence-corrected chi connectivity index (χ4v) is 4.51. The molecule has 0 saturated heterocycles. The number of sulfonamides is 1. The Bertz CT molecular complexity index is 568. The van der Waals surface area contributed by atoms with Crippen LogP contribution >= 0.6 is 0 Å². The van der Waals surface area contributed by atoms with Crippen molar-refractivity contribution < 1.29 is 13.5 Å². The third kappa shape index (κ3) is 2.82. The number of hydrogen-bond donors (Lipinski definition) is 2. The second-order valence-corrected chi connectivity index (χ2v) is 7.00. The smallest absolute Gasteiger partial charge is 0.243 e. The molecule has 1 aromatic carbocycles. The number of rotatable bonds is 6. The lowest BCUT2D eigenvalue weighted by Gasteiger charge is -2.36. The van der Waals surface area contributed by atoms with Crippen molar-refractivity contribution in [2.24, 2.45) is 0 Å². The maximum atomic E-state index is 12.8. The summed E-state index contributed by atoms with van der Waals surface area (Å²) >= 11 is 0. The third-order valence-corrected chi connectivity index (χ3v) is 5.90. The number of nitrogen functional groups attached to an aromatic ring is 1. The fraction of sp³-hybridized carbons (Fsp3) is 0.571. The molecule has 1 fully saturated rings. The van der Waals surface area contributed by atoms with E-state index in [1.807, 2.05) is 6.92 Å². The molecule has 20 heavy (non-hydrogen) atoms. The minimum Gasteiger partial charge on any atom is -0.399 e. The molecule has 0 bridgehead atoms. The summed E-state index contributed by atoms with van der Waals surface area (Å²) in [6.45, 7) is 1.90. The molecule has 0 atom stereocenters. The molecule has 112 valence electrons. The first kappa shape index (κ1) is 15.3. The summed E-state index contributed by atoms with van der Waals surface area (Å²) in [7, 11) is -3.60. The van der Waals surface area contributed by atoms with Crippen LogP contribution in [0.15, 0.2) is 23.1 Å². The number of aryl methyl sites for hydroxylation is 1. The molecule has 0 amide bonds. The highest BCUT2D eigenvalue weighted by Gasteiger charge is 2.35. The van der Waals surface area contributed by atoms with E-state index in [4.69, 9.17) is 10.8 Å². The van der Waals surface area contributed by atoms with Gasteiger partial charge in [0.2, 0.25) is 10.0 Å². The van der Waals surface area contributed by atoms with Gasteiger partial charge in [0.25, 0.3) is 0 Å². The maximum Gasteiger partial charge on any atom is 0.243 e. The first-order chi connectivity index (χ1) is 9.50. The van der Waals surface area contributed by atoms with Gasteiger partial charge in [-0.1, -0.05) is 19.4 Å². The molecule has 0 heterocycles. The second-order valence-electron chi connectivity index (χ2n) is 5.14. The van der Waals surface area contributed by atoms with Gasteiger partial charge in [0.15, 0.2) is 0 Å². The van der Waals surface area contributed by atoms with E-state index < -0.39 is 10.0 Å². The van der Waals surface area contributed by atoms with Gasteiger partial charge in [-0.2, -0.15) is 4.31 Å². The Labute approximate surface area is 120 Å². The fourth-order valence-electron chi connectivity index (χ4n) is 2.50. The van der Waals surface area contributed by atoms with Crippen LogP contribution in [-0.2, 0) is 16.4 Å². The average molecular weight is 298 g/mol. The number of benzene rings is 1. The molecule has 0 spiro atoms. The van der Waals surface area contributed by atoms with E-state index in [1.165, 1.54) is 10.4 Å². The molecular weight excluding hydrogens is 276 g/mol. The van der Waals surface area contributed by atoms with Crippen molar-refractivity contribution >= 4 is 15.7 Å². The Morgan fingerprint density at radius 1 is 1.40 bits per heavy atom. The van der Waals surface area contributed by atoms with Gasteiger partial charge in [-0.15, -0.1) is 0 Å². The topological polar surface area (TPSA) is 83.6 Å². The standard InChI is InChI=1S/C14H22N2O3S/c1-2-11-6-7-12(15)10-14(11)20(18,19)16(8-9-17)13-4-3-5-13/h6-7,10,13,17H,2-5,8-9,15H2,1H3. The first-order valence-corrected chi connectivity index (χ1v) is 8.45. The molecular formula is C14H22N2O3S. The molecule has 1 aliphatic rings. The van der Waals surface area contributed by atoms with E-state index in [0.717, 1.165) is 24.8 Å². The largest absolute Gasteiger partial charge is 0.399 e. The highest BCUT2D eigenvalue weighted by molar-refractivity contribution is 7.89. The van der Waals surface area contributed by atoms with Gasteiger partial charge >= 0.3 is 0 Å². The lowest BCUT2D eigenvalue weighted by molar-refractivity contribution is 0.178. The van der Waals surface area contributed by atoms with E-state index in [0.29, 0.717) is 12.1 Å². The number of aliphatic hydroxyl groups is 1. The monoisotopic (exact) mass is 298 g/mol. The van der Waals surface area contributed by atoms with Gasteiger partial charge in [0, 0.05) is 18.3 Å². The van der Waals surface area contributed by atoms with Crippen molar-refractivity contribution in [1.82, 2.24) is 4.31 Å². The van der Waals surface area contributed by atoms with Crippen LogP contribution in [-0.4, -0.2) is 37.0 Å². The zero-order valence-electron chi connectivity index (χ0n) is 11.7. The van der Waals surface area contributed by atoms with Crippen molar-refractivity contribution in [3.63, 3.8) is 0 Å². The van der Waals surface area contributed by atoms with Crippen LogP contribution in [0.4, 0.5) is 5.69 Å². The molecule has 0 aromatic heterocycles. The van der Waals surface area contributed by atoms with Crippen LogP contribution < -0.4 is 5.73 Å². The van der Waals surface area contributed by atoms with E-state index in [2.05, 4.69) is 0 Å². The summed E-state index contributed by atoms with van der Waals surface area (Å²) in [4.78, 5) is 0.278. The predicted octanol–water partition coefficient (Wildman–Crippen LogP) is 1.37. The van der Waals surface area contributed by atoms with Gasteiger partial charge in [-0.3, -0.25) is 0 Å². The summed E-state index contributed by atoms with van der Waals surface area (Å²) in [5.74, 6) is 0. The van der Waals surface area contributed by atoms with Crippen molar-refractivity contribution in [2.75, 3.05) is 18.9 Å². The minimum absolute atomic E-state index is 0.0123. The van der Waals surface area contributed by atoms with Crippen LogP contribution in [0, 0.1) is 0 Å². The molecule has 1 saturated carbocycles. The van der Waals surface area contributed by atoms with Crippen molar-refractivity contribution in [1.29, 1.82) is 0 Å². The Balaban J connectivity index is 2.43. The molecule has 6 heteroatoms. The first-order valence-electron chi connectivity index (χ1n) is 7.01. The second kappa shape index (κ2) is 6.11. The third-order valence-electron chi connectivity index (χ3n) is 3.86. The lowest BCUT2D eigenvalue weighted by Crippen LogP contribution is -2.45. The summed E-state index contributed by atoms with van der Waals surface area (Å²) < 4.78 is 27.1. The summed E-state index contributed by atoms with van der Waals surface area (Å²) in [5, 5.41) is 9.17. The molecule has 3 N–H and O–H groups in total. The number of anilines is 1. The molecule has 2 rings (SSSR count). The average Bonchev–Trinajstić information content (AvgIpc) is 2.36. The van der Waals surface area contributed by atoms with Gasteiger partial charge in [-0.25, -0.2) is 8.42 Å². The summed E-state index contributed by atoms with van der Waals surface area (Å²) in [6, 6.07) is 5.02. The molecule has 0 aliphatic heterocycles. The summed E-state index contributed by atoms with van der Waals surface area (Å²) in [5.41, 5.74) is 6.95. The quantitative estimate of drug-likeness (QED) is 0.777. The van der Waals surface area contributed by atoms with Crippen molar-refractivity contribution in [3.8, 4) is 0 Å². The number of nitrogens with zero attached hydrogens (tertiary/aromatic N) is 1. The van der Waals surface area contributed by atoms with Gasteiger partial charge in [0.1, 0.15) is 0 Å². The van der Waals surface area contributed by atoms with Crippen LogP contribution in [0.1, 0.15) is 31.7 Å². The molecule has 5 nitrogen and oxygen atoms in total. The van der Waals surface area contributed by atoms with E-state index in [1.54, 1.807) is 12.1 Å². The molecule has 0 radical (unpaired) electrons. The Kier molecular flexibility index (Phi) is 4.67. The predicted molar refractivity (Wildman–Crippen MR) is 78.8 cm³/mol. The van der Waals surface area contributed by atoms with E-state index in [-0.39, 0.29) is 24.1 Å². The van der Waals surface area contributed by atoms with Crippen molar-refractivity contribution in [2.45, 2.75) is 43.5 Å². The van der Waals surface area contributed by atoms with E-state index >= 15 is 0 Å². The maximum absolute atomic E-state index is 12.8. The Hall–Kier alpha value is -1.11. The van der Waals surface area contributed by atoms with Crippen LogP contribution in [0.5, 0.6) is 0 Å². The zero-order valence-corrected chi connectivity index (χ0v) is 12.6. The summed E-state index contributed by atoms with van der Waals surface area (Å²) in [6.07, 6.45) is 3.40. The number of nitrogens with two attached hydrogens (primary N) is 1. The van der Waals surface area contributed by atoms with Crippen LogP contribution in [0.2, 0.25) is 0 Å². The lowest BCUT2D eigenvalue weighted by atomic mass is 9.93. The van der Waals surface area contributed by atoms with E-state index in [9.17, 15) is 8.42 Å². The van der Waals surface area contributed by atoms with Crippen molar-refractivity contribution in [3.05, 3.63) is 23.8 Å². The molecule has 1 aliphatic carbocycles. The van der Waals surface area contributed by atoms with Gasteiger partial charge < -0.3 is 10.8 Å². The van der Waals surface area contributed by atoms with Crippen LogP contribution in [0.25, 0.3) is 0 Å². The minimum atomic E-state index is -3.60. The van der Waals surface area contributed by atoms with Crippen LogP contribution in [0.3, 0.4) is 0 Å². The number of aliphatic hydroxyl groups excluding tert-OH is 1. The Morgan fingerprint density at radius 2 is 2.10 bits per heavy atom. The normalized spacial score (nSPS) is 16.4. The SMILES string of the molecule is CCc1ccc(N)cc1S(=O)(=O)N(CCO)C1CCC1. The van der Waals surface area contributed by atoms with Gasteiger partial charge in [0.05, 0.1) is 11.5 Å².